The zero-order valence-corrected chi connectivity index (χ0v) is 17.1. The third-order valence-electron chi connectivity index (χ3n) is 6.19. The summed E-state index contributed by atoms with van der Waals surface area (Å²) in [4.78, 5) is 0. The van der Waals surface area contributed by atoms with E-state index in [4.69, 9.17) is 5.26 Å². The molecule has 1 aliphatic rings. The summed E-state index contributed by atoms with van der Waals surface area (Å²) in [5.41, 5.74) is 2.99. The van der Waals surface area contributed by atoms with Gasteiger partial charge < -0.3 is 0 Å². The first-order valence-corrected chi connectivity index (χ1v) is 10.7. The fraction of sp³-hybridized carbons (Fsp3) is 0.423. The molecule has 0 bridgehead atoms. The number of rotatable bonds is 7. The Morgan fingerprint density at radius 3 is 2.21 bits per heavy atom. The maximum Gasteiger partial charge on any atom is 0.144 e. The van der Waals surface area contributed by atoms with Crippen molar-refractivity contribution in [3.63, 3.8) is 0 Å². The summed E-state index contributed by atoms with van der Waals surface area (Å²) < 4.78 is 27.5. The summed E-state index contributed by atoms with van der Waals surface area (Å²) in [6.45, 7) is 2.06. The second kappa shape index (κ2) is 10.3. The van der Waals surface area contributed by atoms with Gasteiger partial charge in [0.2, 0.25) is 0 Å². The van der Waals surface area contributed by atoms with Gasteiger partial charge in [0.15, 0.2) is 0 Å². The monoisotopic (exact) mass is 393 g/mol. The fourth-order valence-electron chi connectivity index (χ4n) is 4.41. The van der Waals surface area contributed by atoms with Crippen LogP contribution < -0.4 is 0 Å². The van der Waals surface area contributed by atoms with Crippen LogP contribution in [0, 0.1) is 28.9 Å². The van der Waals surface area contributed by atoms with E-state index in [1.165, 1.54) is 36.1 Å². The Morgan fingerprint density at radius 2 is 1.62 bits per heavy atom. The smallest absolute Gasteiger partial charge is 0.144 e. The highest BCUT2D eigenvalue weighted by Crippen LogP contribution is 2.37. The van der Waals surface area contributed by atoms with Crippen LogP contribution in [-0.2, 0) is 12.8 Å². The largest absolute Gasteiger partial charge is 0.205 e. The second-order valence-electron chi connectivity index (χ2n) is 8.15. The molecule has 1 saturated carbocycles. The summed E-state index contributed by atoms with van der Waals surface area (Å²) in [5, 5.41) is 8.77. The van der Waals surface area contributed by atoms with Gasteiger partial charge in [0, 0.05) is 0 Å². The molecule has 0 radical (unpaired) electrons. The van der Waals surface area contributed by atoms with Crippen molar-refractivity contribution >= 4 is 0 Å². The Morgan fingerprint density at radius 1 is 0.966 bits per heavy atom. The van der Waals surface area contributed by atoms with Gasteiger partial charge in [0.05, 0.1) is 0 Å². The molecule has 3 rings (SSSR count). The molecule has 1 fully saturated rings. The van der Waals surface area contributed by atoms with E-state index in [0.29, 0.717) is 23.8 Å². The van der Waals surface area contributed by atoms with E-state index in [1.54, 1.807) is 6.07 Å². The molecular weight excluding hydrogens is 364 g/mol. The van der Waals surface area contributed by atoms with Gasteiger partial charge in [-0.05, 0) is 98.9 Å². The SMILES string of the molecule is C/C=C/CCc1ccc(C2CCC(CCc3cc(F)c(C#N)c(F)c3)CC2)cc1. The molecule has 0 unspecified atom stereocenters. The third kappa shape index (κ3) is 5.76. The molecule has 0 amide bonds. The van der Waals surface area contributed by atoms with Gasteiger partial charge in [-0.3, -0.25) is 0 Å². The number of aryl methyl sites for hydroxylation is 2. The van der Waals surface area contributed by atoms with E-state index in [9.17, 15) is 8.78 Å². The van der Waals surface area contributed by atoms with Crippen molar-refractivity contribution < 1.29 is 8.78 Å². The van der Waals surface area contributed by atoms with Crippen LogP contribution in [0.25, 0.3) is 0 Å². The maximum atomic E-state index is 13.8. The fourth-order valence-corrected chi connectivity index (χ4v) is 4.41. The Hall–Kier alpha value is -2.47. The summed E-state index contributed by atoms with van der Waals surface area (Å²) in [7, 11) is 0. The topological polar surface area (TPSA) is 23.8 Å². The normalized spacial score (nSPS) is 19.4. The minimum absolute atomic E-state index is 0.484. The number of halogens is 2. The summed E-state index contributed by atoms with van der Waals surface area (Å²) in [5.74, 6) is -0.269. The van der Waals surface area contributed by atoms with Crippen LogP contribution in [0.4, 0.5) is 8.78 Å². The first-order chi connectivity index (χ1) is 14.1. The third-order valence-corrected chi connectivity index (χ3v) is 6.19. The Labute approximate surface area is 173 Å². The molecule has 29 heavy (non-hydrogen) atoms. The minimum atomic E-state index is -0.750. The predicted molar refractivity (Wildman–Crippen MR) is 114 cm³/mol. The van der Waals surface area contributed by atoms with E-state index in [-0.39, 0.29) is 0 Å². The molecule has 1 nitrogen and oxygen atoms in total. The molecule has 0 spiro atoms. The first-order valence-electron chi connectivity index (χ1n) is 10.7. The molecule has 0 saturated heterocycles. The van der Waals surface area contributed by atoms with Crippen molar-refractivity contribution in [3.05, 3.63) is 82.4 Å². The van der Waals surface area contributed by atoms with Crippen LogP contribution in [0.5, 0.6) is 0 Å². The van der Waals surface area contributed by atoms with Gasteiger partial charge in [-0.1, -0.05) is 36.4 Å². The van der Waals surface area contributed by atoms with Crippen LogP contribution in [-0.4, -0.2) is 0 Å². The number of hydrogen-bond acceptors (Lipinski definition) is 1. The number of benzene rings is 2. The van der Waals surface area contributed by atoms with Gasteiger partial charge in [-0.2, -0.15) is 5.26 Å². The Bertz CT molecular complexity index is 846. The van der Waals surface area contributed by atoms with Crippen LogP contribution in [0.1, 0.15) is 73.6 Å². The van der Waals surface area contributed by atoms with Gasteiger partial charge in [-0.25, -0.2) is 8.78 Å². The zero-order chi connectivity index (χ0) is 20.6. The molecule has 0 atom stereocenters. The lowest BCUT2D eigenvalue weighted by Gasteiger charge is -2.29. The molecule has 3 heteroatoms. The van der Waals surface area contributed by atoms with Crippen molar-refractivity contribution in [2.24, 2.45) is 5.92 Å². The van der Waals surface area contributed by atoms with Gasteiger partial charge >= 0.3 is 0 Å². The van der Waals surface area contributed by atoms with Crippen LogP contribution in [0.15, 0.2) is 48.6 Å². The lowest BCUT2D eigenvalue weighted by atomic mass is 9.77. The number of nitriles is 1. The average Bonchev–Trinajstić information content (AvgIpc) is 2.73. The molecule has 0 aromatic heterocycles. The second-order valence-corrected chi connectivity index (χ2v) is 8.15. The highest BCUT2D eigenvalue weighted by molar-refractivity contribution is 5.35. The van der Waals surface area contributed by atoms with E-state index >= 15 is 0 Å². The van der Waals surface area contributed by atoms with Gasteiger partial charge in [0.1, 0.15) is 23.3 Å². The molecule has 1 aliphatic carbocycles. The Kier molecular flexibility index (Phi) is 7.58. The minimum Gasteiger partial charge on any atom is -0.205 e. The first kappa shape index (κ1) is 21.2. The zero-order valence-electron chi connectivity index (χ0n) is 17.1. The molecule has 0 aliphatic heterocycles. The van der Waals surface area contributed by atoms with Gasteiger partial charge in [0.25, 0.3) is 0 Å². The van der Waals surface area contributed by atoms with Crippen molar-refractivity contribution in [2.75, 3.05) is 0 Å². The molecule has 152 valence electrons. The van der Waals surface area contributed by atoms with E-state index in [1.807, 2.05) is 0 Å². The molecule has 2 aromatic carbocycles. The van der Waals surface area contributed by atoms with Crippen molar-refractivity contribution in [1.29, 1.82) is 5.26 Å². The summed E-state index contributed by atoms with van der Waals surface area (Å²) >= 11 is 0. The molecular formula is C26H29F2N. The van der Waals surface area contributed by atoms with E-state index in [0.717, 1.165) is 32.1 Å². The van der Waals surface area contributed by atoms with Crippen molar-refractivity contribution in [2.45, 2.75) is 64.2 Å². The number of hydrogen-bond donors (Lipinski definition) is 0. The number of allylic oxidation sites excluding steroid dienone is 2. The number of nitrogens with zero attached hydrogens (tertiary/aromatic N) is 1. The standard InChI is InChI=1S/C26H29F2N/c1-2-3-4-5-19-8-12-22(13-9-19)23-14-10-20(11-15-23)6-7-21-16-25(27)24(18-29)26(28)17-21/h2-3,8-9,12-13,16-17,20,23H,4-7,10-11,14-15H2,1H3/b3-2+. The molecule has 2 aromatic rings. The Balaban J connectivity index is 1.48. The van der Waals surface area contributed by atoms with Crippen molar-refractivity contribution in [1.82, 2.24) is 0 Å². The lowest BCUT2D eigenvalue weighted by Crippen LogP contribution is -2.14. The van der Waals surface area contributed by atoms with E-state index < -0.39 is 17.2 Å². The predicted octanol–water partition coefficient (Wildman–Crippen LogP) is 7.25. The molecule has 0 N–H and O–H groups in total. The summed E-state index contributed by atoms with van der Waals surface area (Å²) in [6, 6.07) is 13.3. The average molecular weight is 394 g/mol. The maximum absolute atomic E-state index is 13.8. The highest BCUT2D eigenvalue weighted by atomic mass is 19.1. The van der Waals surface area contributed by atoms with Crippen LogP contribution in [0.2, 0.25) is 0 Å². The van der Waals surface area contributed by atoms with Crippen LogP contribution in [0.3, 0.4) is 0 Å². The van der Waals surface area contributed by atoms with Gasteiger partial charge in [-0.15, -0.1) is 0 Å². The summed E-state index contributed by atoms with van der Waals surface area (Å²) in [6.07, 6.45) is 12.8. The lowest BCUT2D eigenvalue weighted by molar-refractivity contribution is 0.310. The highest BCUT2D eigenvalue weighted by Gasteiger charge is 2.22. The quantitative estimate of drug-likeness (QED) is 0.454. The van der Waals surface area contributed by atoms with E-state index in [2.05, 4.69) is 43.3 Å². The molecule has 0 heterocycles. The van der Waals surface area contributed by atoms with Crippen molar-refractivity contribution in [3.8, 4) is 6.07 Å². The van der Waals surface area contributed by atoms with Crippen LogP contribution >= 0.6 is 0 Å².